The number of rotatable bonds is 3. The van der Waals surface area contributed by atoms with Crippen molar-refractivity contribution in [2.75, 3.05) is 12.4 Å². The fourth-order valence-electron chi connectivity index (χ4n) is 3.03. The Morgan fingerprint density at radius 2 is 2.08 bits per heavy atom. The SMILES string of the molecule is Cc1nn(C)cc1C(=O)Nc1cccc([C@]2(C)CC(=O)N(C)C(N)=N2)c1. The van der Waals surface area contributed by atoms with Crippen molar-refractivity contribution in [2.24, 2.45) is 17.8 Å². The minimum Gasteiger partial charge on any atom is -0.369 e. The summed E-state index contributed by atoms with van der Waals surface area (Å²) in [5.41, 5.74) is 7.71. The predicted molar refractivity (Wildman–Crippen MR) is 98.7 cm³/mol. The number of hydrogen-bond acceptors (Lipinski definition) is 5. The van der Waals surface area contributed by atoms with Gasteiger partial charge in [-0.05, 0) is 31.5 Å². The maximum atomic E-state index is 12.5. The van der Waals surface area contributed by atoms with E-state index in [1.807, 2.05) is 25.1 Å². The normalized spacial score (nSPS) is 20.1. The Morgan fingerprint density at radius 3 is 2.69 bits per heavy atom. The molecule has 0 spiro atoms. The van der Waals surface area contributed by atoms with E-state index in [1.54, 1.807) is 38.0 Å². The molecule has 0 radical (unpaired) electrons. The molecule has 0 saturated heterocycles. The molecule has 1 atom stereocenters. The van der Waals surface area contributed by atoms with Gasteiger partial charge < -0.3 is 11.1 Å². The molecule has 2 aromatic rings. The van der Waals surface area contributed by atoms with E-state index < -0.39 is 5.54 Å². The van der Waals surface area contributed by atoms with Crippen LogP contribution in [0.2, 0.25) is 0 Å². The number of guanidine groups is 1. The molecule has 1 aromatic heterocycles. The Kier molecular flexibility index (Phi) is 4.27. The van der Waals surface area contributed by atoms with Crippen molar-refractivity contribution in [3.05, 3.63) is 47.3 Å². The zero-order valence-electron chi connectivity index (χ0n) is 15.3. The summed E-state index contributed by atoms with van der Waals surface area (Å²) in [4.78, 5) is 30.5. The molecule has 0 bridgehead atoms. The number of anilines is 1. The van der Waals surface area contributed by atoms with E-state index in [2.05, 4.69) is 15.4 Å². The van der Waals surface area contributed by atoms with E-state index >= 15 is 0 Å². The number of nitrogens with zero attached hydrogens (tertiary/aromatic N) is 4. The average molecular weight is 354 g/mol. The summed E-state index contributed by atoms with van der Waals surface area (Å²) in [6, 6.07) is 7.31. The summed E-state index contributed by atoms with van der Waals surface area (Å²) in [5, 5.41) is 7.05. The minimum absolute atomic E-state index is 0.0968. The molecule has 1 aliphatic rings. The van der Waals surface area contributed by atoms with Gasteiger partial charge in [0.25, 0.3) is 5.91 Å². The van der Waals surface area contributed by atoms with Crippen molar-refractivity contribution in [3.8, 4) is 0 Å². The smallest absolute Gasteiger partial charge is 0.259 e. The summed E-state index contributed by atoms with van der Waals surface area (Å²) >= 11 is 0. The molecular formula is C18H22N6O2. The lowest BCUT2D eigenvalue weighted by atomic mass is 9.87. The van der Waals surface area contributed by atoms with Crippen LogP contribution in [-0.2, 0) is 17.4 Å². The number of nitrogens with two attached hydrogens (primary N) is 1. The first-order chi connectivity index (χ1) is 12.2. The van der Waals surface area contributed by atoms with Gasteiger partial charge in [-0.2, -0.15) is 5.10 Å². The van der Waals surface area contributed by atoms with Crippen molar-refractivity contribution < 1.29 is 9.59 Å². The van der Waals surface area contributed by atoms with Gasteiger partial charge in [-0.25, -0.2) is 4.99 Å². The van der Waals surface area contributed by atoms with Crippen LogP contribution in [0, 0.1) is 6.92 Å². The van der Waals surface area contributed by atoms with Crippen LogP contribution < -0.4 is 11.1 Å². The van der Waals surface area contributed by atoms with Crippen molar-refractivity contribution in [1.82, 2.24) is 14.7 Å². The van der Waals surface area contributed by atoms with Gasteiger partial charge in [0, 0.05) is 26.0 Å². The molecule has 8 nitrogen and oxygen atoms in total. The monoisotopic (exact) mass is 354 g/mol. The van der Waals surface area contributed by atoms with Gasteiger partial charge in [0.1, 0.15) is 0 Å². The van der Waals surface area contributed by atoms with Gasteiger partial charge >= 0.3 is 0 Å². The van der Waals surface area contributed by atoms with E-state index in [0.29, 0.717) is 16.9 Å². The van der Waals surface area contributed by atoms with Crippen LogP contribution in [0.15, 0.2) is 35.5 Å². The van der Waals surface area contributed by atoms with Gasteiger partial charge in [-0.1, -0.05) is 12.1 Å². The Balaban J connectivity index is 1.88. The van der Waals surface area contributed by atoms with Crippen LogP contribution >= 0.6 is 0 Å². The molecule has 3 rings (SSSR count). The number of benzene rings is 1. The van der Waals surface area contributed by atoms with Gasteiger partial charge in [-0.15, -0.1) is 0 Å². The highest BCUT2D eigenvalue weighted by atomic mass is 16.2. The third-order valence-corrected chi connectivity index (χ3v) is 4.57. The highest BCUT2D eigenvalue weighted by Gasteiger charge is 2.36. The first-order valence-electron chi connectivity index (χ1n) is 8.23. The summed E-state index contributed by atoms with van der Waals surface area (Å²) in [6.45, 7) is 3.64. The van der Waals surface area contributed by atoms with Crippen LogP contribution in [0.3, 0.4) is 0 Å². The van der Waals surface area contributed by atoms with E-state index in [9.17, 15) is 9.59 Å². The molecular weight excluding hydrogens is 332 g/mol. The van der Waals surface area contributed by atoms with Crippen LogP contribution in [0.25, 0.3) is 0 Å². The van der Waals surface area contributed by atoms with Crippen molar-refractivity contribution in [2.45, 2.75) is 25.8 Å². The summed E-state index contributed by atoms with van der Waals surface area (Å²) < 4.78 is 1.60. The molecule has 3 N–H and O–H groups in total. The molecule has 0 unspecified atom stereocenters. The predicted octanol–water partition coefficient (Wildman–Crippen LogP) is 1.37. The van der Waals surface area contributed by atoms with Crippen molar-refractivity contribution >= 4 is 23.5 Å². The number of amides is 2. The number of aromatic nitrogens is 2. The fraction of sp³-hybridized carbons (Fsp3) is 0.333. The van der Waals surface area contributed by atoms with Crippen LogP contribution in [0.4, 0.5) is 5.69 Å². The Labute approximate surface area is 151 Å². The topological polar surface area (TPSA) is 106 Å². The number of carbonyl (C=O) groups is 2. The average Bonchev–Trinajstić information content (AvgIpc) is 2.91. The lowest BCUT2D eigenvalue weighted by Crippen LogP contribution is -2.47. The van der Waals surface area contributed by atoms with Crippen molar-refractivity contribution in [3.63, 3.8) is 0 Å². The van der Waals surface area contributed by atoms with E-state index in [1.165, 1.54) is 4.90 Å². The maximum Gasteiger partial charge on any atom is 0.259 e. The zero-order chi connectivity index (χ0) is 19.1. The Hall–Kier alpha value is -3.16. The van der Waals surface area contributed by atoms with Gasteiger partial charge in [0.2, 0.25) is 5.91 Å². The number of hydrogen-bond donors (Lipinski definition) is 2. The van der Waals surface area contributed by atoms with E-state index in [-0.39, 0.29) is 24.2 Å². The number of aliphatic imine (C=N–C) groups is 1. The largest absolute Gasteiger partial charge is 0.369 e. The maximum absolute atomic E-state index is 12.5. The van der Waals surface area contributed by atoms with Gasteiger partial charge in [0.15, 0.2) is 5.96 Å². The van der Waals surface area contributed by atoms with E-state index in [0.717, 1.165) is 5.56 Å². The lowest BCUT2D eigenvalue weighted by molar-refractivity contribution is -0.128. The first-order valence-corrected chi connectivity index (χ1v) is 8.23. The molecule has 26 heavy (non-hydrogen) atoms. The molecule has 0 aliphatic carbocycles. The van der Waals surface area contributed by atoms with Crippen molar-refractivity contribution in [1.29, 1.82) is 0 Å². The number of carbonyl (C=O) groups excluding carboxylic acids is 2. The lowest BCUT2D eigenvalue weighted by Gasteiger charge is -2.33. The van der Waals surface area contributed by atoms with Gasteiger partial charge in [0.05, 0.1) is 23.2 Å². The molecule has 136 valence electrons. The zero-order valence-corrected chi connectivity index (χ0v) is 15.3. The molecule has 2 amide bonds. The van der Waals surface area contributed by atoms with Crippen LogP contribution in [0.5, 0.6) is 0 Å². The number of aryl methyl sites for hydroxylation is 2. The Morgan fingerprint density at radius 1 is 1.35 bits per heavy atom. The summed E-state index contributed by atoms with van der Waals surface area (Å²) in [7, 11) is 3.37. The third kappa shape index (κ3) is 3.17. The third-order valence-electron chi connectivity index (χ3n) is 4.57. The molecule has 8 heteroatoms. The second-order valence-corrected chi connectivity index (χ2v) is 6.71. The quantitative estimate of drug-likeness (QED) is 0.868. The standard InChI is InChI=1S/C18H22N6O2/c1-11-14(10-23(3)22-11)16(26)20-13-7-5-6-12(8-13)18(2)9-15(25)24(4)17(19)21-18/h5-8,10H,9H2,1-4H3,(H2,19,21)(H,20,26)/t18-/m0/s1. The minimum atomic E-state index is -0.765. The van der Waals surface area contributed by atoms with Crippen LogP contribution in [-0.4, -0.2) is 39.5 Å². The first kappa shape index (κ1) is 17.7. The molecule has 1 aromatic carbocycles. The second-order valence-electron chi connectivity index (χ2n) is 6.71. The Bertz CT molecular complexity index is 916. The van der Waals surface area contributed by atoms with Gasteiger partial charge in [-0.3, -0.25) is 19.2 Å². The molecule has 0 fully saturated rings. The van der Waals surface area contributed by atoms with E-state index in [4.69, 9.17) is 5.73 Å². The van der Waals surface area contributed by atoms with Crippen LogP contribution in [0.1, 0.15) is 35.0 Å². The number of nitrogens with one attached hydrogen (secondary N) is 1. The highest BCUT2D eigenvalue weighted by molar-refractivity contribution is 6.05. The fourth-order valence-corrected chi connectivity index (χ4v) is 3.03. The molecule has 2 heterocycles. The molecule has 1 aliphatic heterocycles. The summed E-state index contributed by atoms with van der Waals surface area (Å²) in [6.07, 6.45) is 1.89. The summed E-state index contributed by atoms with van der Waals surface area (Å²) in [5.74, 6) is -0.148. The second kappa shape index (κ2) is 6.29. The molecule has 0 saturated carbocycles. The highest BCUT2D eigenvalue weighted by Crippen LogP contribution is 2.34.